The quantitative estimate of drug-likeness (QED) is 0.834. The number of carbonyl (C=O) groups is 1. The van der Waals surface area contributed by atoms with Crippen molar-refractivity contribution in [3.63, 3.8) is 0 Å². The standard InChI is InChI=1S/C22H28N4O/c1-3-7-18-15-23-16-24-20(18)26-12-10-22(11-13-26)14-19(21(27)25(22)2)17-8-5-4-6-9-17/h4-6,8-9,15-16,19H,3,7,10-14H2,1-2H3. The van der Waals surface area contributed by atoms with Crippen LogP contribution in [0.1, 0.15) is 49.7 Å². The molecule has 142 valence electrons. The van der Waals surface area contributed by atoms with E-state index >= 15 is 0 Å². The summed E-state index contributed by atoms with van der Waals surface area (Å²) in [5.41, 5.74) is 2.36. The third-order valence-corrected chi connectivity index (χ3v) is 6.40. The fraction of sp³-hybridized carbons (Fsp3) is 0.500. The minimum Gasteiger partial charge on any atom is -0.356 e. The van der Waals surface area contributed by atoms with Crippen molar-refractivity contribution >= 4 is 11.7 Å². The zero-order chi connectivity index (χ0) is 18.9. The van der Waals surface area contributed by atoms with Crippen molar-refractivity contribution in [1.82, 2.24) is 14.9 Å². The van der Waals surface area contributed by atoms with E-state index in [2.05, 4.69) is 33.9 Å². The molecule has 0 bridgehead atoms. The zero-order valence-electron chi connectivity index (χ0n) is 16.3. The minimum absolute atomic E-state index is 0.00236. The van der Waals surface area contributed by atoms with Crippen LogP contribution in [0.25, 0.3) is 0 Å². The molecule has 2 aliphatic heterocycles. The number of benzene rings is 1. The average molecular weight is 364 g/mol. The largest absolute Gasteiger partial charge is 0.356 e. The van der Waals surface area contributed by atoms with Gasteiger partial charge in [-0.15, -0.1) is 0 Å². The highest BCUT2D eigenvalue weighted by Crippen LogP contribution is 2.45. The minimum atomic E-state index is -0.0218. The number of aryl methyl sites for hydroxylation is 1. The molecule has 1 unspecified atom stereocenters. The van der Waals surface area contributed by atoms with E-state index in [1.54, 1.807) is 6.33 Å². The summed E-state index contributed by atoms with van der Waals surface area (Å²) in [6.45, 7) is 4.06. The molecule has 2 aliphatic rings. The second-order valence-corrected chi connectivity index (χ2v) is 7.90. The normalized spacial score (nSPS) is 21.9. The summed E-state index contributed by atoms with van der Waals surface area (Å²) in [6.07, 6.45) is 8.61. The molecule has 5 nitrogen and oxygen atoms in total. The number of aromatic nitrogens is 2. The van der Waals surface area contributed by atoms with Crippen LogP contribution in [-0.4, -0.2) is 46.5 Å². The first kappa shape index (κ1) is 18.0. The van der Waals surface area contributed by atoms with Gasteiger partial charge in [0.15, 0.2) is 0 Å². The molecule has 5 heteroatoms. The number of carbonyl (C=O) groups excluding carboxylic acids is 1. The monoisotopic (exact) mass is 364 g/mol. The summed E-state index contributed by atoms with van der Waals surface area (Å²) in [4.78, 5) is 26.2. The zero-order valence-corrected chi connectivity index (χ0v) is 16.3. The highest BCUT2D eigenvalue weighted by atomic mass is 16.2. The molecule has 1 aromatic heterocycles. The Hall–Kier alpha value is -2.43. The molecule has 0 N–H and O–H groups in total. The van der Waals surface area contributed by atoms with E-state index in [1.807, 2.05) is 36.3 Å². The first-order valence-electron chi connectivity index (χ1n) is 10.0. The Labute approximate surface area is 161 Å². The smallest absolute Gasteiger partial charge is 0.230 e. The molecule has 1 amide bonds. The summed E-state index contributed by atoms with van der Waals surface area (Å²) in [5, 5.41) is 0. The first-order chi connectivity index (χ1) is 13.1. The Morgan fingerprint density at radius 3 is 2.63 bits per heavy atom. The Balaban J connectivity index is 1.51. The number of piperidine rings is 1. The lowest BCUT2D eigenvalue weighted by Gasteiger charge is -2.44. The third kappa shape index (κ3) is 3.20. The summed E-state index contributed by atoms with van der Waals surface area (Å²) in [6, 6.07) is 10.2. The van der Waals surface area contributed by atoms with Crippen LogP contribution in [0.4, 0.5) is 5.82 Å². The molecule has 2 saturated heterocycles. The van der Waals surface area contributed by atoms with Gasteiger partial charge in [-0.25, -0.2) is 9.97 Å². The van der Waals surface area contributed by atoms with Crippen molar-refractivity contribution in [2.75, 3.05) is 25.0 Å². The fourth-order valence-corrected chi connectivity index (χ4v) is 4.77. The Morgan fingerprint density at radius 1 is 1.19 bits per heavy atom. The topological polar surface area (TPSA) is 49.3 Å². The lowest BCUT2D eigenvalue weighted by Crippen LogP contribution is -2.52. The molecule has 0 aliphatic carbocycles. The maximum atomic E-state index is 13.0. The van der Waals surface area contributed by atoms with E-state index in [4.69, 9.17) is 0 Å². The van der Waals surface area contributed by atoms with E-state index in [0.717, 1.165) is 56.6 Å². The van der Waals surface area contributed by atoms with Crippen LogP contribution in [0.3, 0.4) is 0 Å². The van der Waals surface area contributed by atoms with Crippen LogP contribution >= 0.6 is 0 Å². The fourth-order valence-electron chi connectivity index (χ4n) is 4.77. The van der Waals surface area contributed by atoms with E-state index in [1.165, 1.54) is 5.56 Å². The van der Waals surface area contributed by atoms with Gasteiger partial charge in [0.25, 0.3) is 0 Å². The molecule has 0 radical (unpaired) electrons. The number of hydrogen-bond donors (Lipinski definition) is 0. The first-order valence-corrected chi connectivity index (χ1v) is 10.0. The van der Waals surface area contributed by atoms with Crippen molar-refractivity contribution in [2.45, 2.75) is 50.5 Å². The Bertz CT molecular complexity index is 799. The van der Waals surface area contributed by atoms with Crippen LogP contribution in [0.15, 0.2) is 42.9 Å². The van der Waals surface area contributed by atoms with E-state index in [0.29, 0.717) is 0 Å². The molecule has 27 heavy (non-hydrogen) atoms. The molecule has 2 aromatic rings. The molecule has 1 atom stereocenters. The van der Waals surface area contributed by atoms with Gasteiger partial charge in [-0.2, -0.15) is 0 Å². The maximum absolute atomic E-state index is 13.0. The SMILES string of the molecule is CCCc1cncnc1N1CCC2(CC1)CC(c1ccccc1)C(=O)N2C. The number of likely N-dealkylation sites (tertiary alicyclic amines) is 1. The second-order valence-electron chi connectivity index (χ2n) is 7.90. The summed E-state index contributed by atoms with van der Waals surface area (Å²) < 4.78 is 0. The van der Waals surface area contributed by atoms with Crippen molar-refractivity contribution in [1.29, 1.82) is 0 Å². The Morgan fingerprint density at radius 2 is 1.93 bits per heavy atom. The van der Waals surface area contributed by atoms with Gasteiger partial charge in [-0.1, -0.05) is 43.7 Å². The third-order valence-electron chi connectivity index (χ3n) is 6.40. The van der Waals surface area contributed by atoms with E-state index in [-0.39, 0.29) is 17.4 Å². The lowest BCUT2D eigenvalue weighted by atomic mass is 9.81. The highest BCUT2D eigenvalue weighted by molar-refractivity contribution is 5.87. The van der Waals surface area contributed by atoms with Crippen LogP contribution < -0.4 is 4.90 Å². The Kier molecular flexibility index (Phi) is 4.85. The van der Waals surface area contributed by atoms with Crippen LogP contribution in [0.5, 0.6) is 0 Å². The number of likely N-dealkylation sites (N-methyl/N-ethyl adjacent to an activating group) is 1. The van der Waals surface area contributed by atoms with Gasteiger partial charge in [0.1, 0.15) is 12.1 Å². The maximum Gasteiger partial charge on any atom is 0.230 e. The number of hydrogen-bond acceptors (Lipinski definition) is 4. The van der Waals surface area contributed by atoms with Crippen LogP contribution in [0.2, 0.25) is 0 Å². The molecule has 0 saturated carbocycles. The van der Waals surface area contributed by atoms with Gasteiger partial charge in [0.05, 0.1) is 5.92 Å². The summed E-state index contributed by atoms with van der Waals surface area (Å²) >= 11 is 0. The van der Waals surface area contributed by atoms with Crippen LogP contribution in [-0.2, 0) is 11.2 Å². The average Bonchev–Trinajstić information content (AvgIpc) is 2.95. The van der Waals surface area contributed by atoms with Crippen LogP contribution in [0, 0.1) is 0 Å². The molecular formula is C22H28N4O. The molecular weight excluding hydrogens is 336 g/mol. The van der Waals surface area contributed by atoms with Crippen molar-refractivity contribution in [3.8, 4) is 0 Å². The molecule has 1 aromatic carbocycles. The summed E-state index contributed by atoms with van der Waals surface area (Å²) in [7, 11) is 1.99. The summed E-state index contributed by atoms with van der Waals surface area (Å²) in [5.74, 6) is 1.34. The molecule has 2 fully saturated rings. The van der Waals surface area contributed by atoms with Crippen molar-refractivity contribution < 1.29 is 4.79 Å². The second kappa shape index (κ2) is 7.29. The van der Waals surface area contributed by atoms with Crippen molar-refractivity contribution in [3.05, 3.63) is 54.0 Å². The van der Waals surface area contributed by atoms with Gasteiger partial charge >= 0.3 is 0 Å². The van der Waals surface area contributed by atoms with Gasteiger partial charge in [-0.3, -0.25) is 4.79 Å². The number of amides is 1. The van der Waals surface area contributed by atoms with E-state index in [9.17, 15) is 4.79 Å². The number of rotatable bonds is 4. The van der Waals surface area contributed by atoms with Gasteiger partial charge < -0.3 is 9.80 Å². The predicted octanol–water partition coefficient (Wildman–Crippen LogP) is 3.41. The lowest BCUT2D eigenvalue weighted by molar-refractivity contribution is -0.131. The van der Waals surface area contributed by atoms with E-state index < -0.39 is 0 Å². The molecule has 4 rings (SSSR count). The highest BCUT2D eigenvalue weighted by Gasteiger charge is 2.50. The number of nitrogens with zero attached hydrogens (tertiary/aromatic N) is 4. The van der Waals surface area contributed by atoms with Gasteiger partial charge in [-0.05, 0) is 31.2 Å². The number of anilines is 1. The van der Waals surface area contributed by atoms with Crippen molar-refractivity contribution in [2.24, 2.45) is 0 Å². The molecule has 1 spiro atoms. The van der Waals surface area contributed by atoms with Gasteiger partial charge in [0, 0.05) is 37.4 Å². The van der Waals surface area contributed by atoms with Gasteiger partial charge in [0.2, 0.25) is 5.91 Å². The molecule has 3 heterocycles. The predicted molar refractivity (Wildman–Crippen MR) is 107 cm³/mol.